The smallest absolute Gasteiger partial charge is 0.252 e. The molecule has 3 heterocycles. The van der Waals surface area contributed by atoms with Gasteiger partial charge in [0.25, 0.3) is 5.92 Å². The van der Waals surface area contributed by atoms with Gasteiger partial charge in [-0.3, -0.25) is 0 Å². The Morgan fingerprint density at radius 2 is 2.09 bits per heavy atom. The summed E-state index contributed by atoms with van der Waals surface area (Å²) in [6, 6.07) is 4.17. The van der Waals surface area contributed by atoms with E-state index in [9.17, 15) is 8.78 Å². The number of rotatable bonds is 6. The van der Waals surface area contributed by atoms with Gasteiger partial charge in [-0.15, -0.1) is 12.4 Å². The van der Waals surface area contributed by atoms with Crippen LogP contribution in [0.15, 0.2) is 12.1 Å². The Morgan fingerprint density at radius 3 is 2.87 bits per heavy atom. The fraction of sp³-hybridized carbons (Fsp3) is 0.706. The Labute approximate surface area is 143 Å². The number of nitrogens with one attached hydrogen (secondary N) is 2. The van der Waals surface area contributed by atoms with Crippen LogP contribution in [0.25, 0.3) is 0 Å². The second kappa shape index (κ2) is 8.25. The van der Waals surface area contributed by atoms with Gasteiger partial charge in [0.05, 0.1) is 0 Å². The van der Waals surface area contributed by atoms with Crippen LogP contribution in [0.4, 0.5) is 14.6 Å². The van der Waals surface area contributed by atoms with Gasteiger partial charge in [-0.05, 0) is 56.7 Å². The Morgan fingerprint density at radius 1 is 1.22 bits per heavy atom. The van der Waals surface area contributed by atoms with Crippen molar-refractivity contribution in [2.24, 2.45) is 5.92 Å². The van der Waals surface area contributed by atoms with Crippen molar-refractivity contribution < 1.29 is 8.78 Å². The maximum atomic E-state index is 14.0. The minimum Gasteiger partial charge on any atom is -0.370 e. The van der Waals surface area contributed by atoms with E-state index in [2.05, 4.69) is 21.7 Å². The molecule has 6 heteroatoms. The highest BCUT2D eigenvalue weighted by molar-refractivity contribution is 5.85. The van der Waals surface area contributed by atoms with E-state index in [0.717, 1.165) is 50.3 Å². The maximum Gasteiger partial charge on any atom is 0.252 e. The Hall–Kier alpha value is -0.940. The van der Waals surface area contributed by atoms with Crippen LogP contribution in [-0.2, 0) is 12.8 Å². The Bertz CT molecular complexity index is 505. The molecular formula is C17H26ClF2N3. The van der Waals surface area contributed by atoms with Crippen molar-refractivity contribution in [1.29, 1.82) is 0 Å². The predicted molar refractivity (Wildman–Crippen MR) is 91.8 cm³/mol. The highest BCUT2D eigenvalue weighted by Gasteiger charge is 2.39. The first-order valence-corrected chi connectivity index (χ1v) is 8.46. The number of aryl methyl sites for hydroxylation is 2. The van der Waals surface area contributed by atoms with Gasteiger partial charge in [0.2, 0.25) is 0 Å². The lowest BCUT2D eigenvalue weighted by molar-refractivity contribution is -0.0597. The van der Waals surface area contributed by atoms with Gasteiger partial charge in [0.1, 0.15) is 5.82 Å². The number of unbranched alkanes of at least 4 members (excludes halogenated alkanes) is 1. The molecular weight excluding hydrogens is 320 g/mol. The lowest BCUT2D eigenvalue weighted by Crippen LogP contribution is -2.29. The van der Waals surface area contributed by atoms with Crippen LogP contribution in [-0.4, -0.2) is 30.5 Å². The zero-order chi connectivity index (χ0) is 15.4. The zero-order valence-corrected chi connectivity index (χ0v) is 14.2. The predicted octanol–water partition coefficient (Wildman–Crippen LogP) is 3.82. The van der Waals surface area contributed by atoms with Crippen molar-refractivity contribution in [3.8, 4) is 0 Å². The van der Waals surface area contributed by atoms with Crippen LogP contribution >= 0.6 is 12.4 Å². The molecule has 3 nitrogen and oxygen atoms in total. The zero-order valence-electron chi connectivity index (χ0n) is 13.4. The van der Waals surface area contributed by atoms with E-state index in [1.54, 1.807) is 0 Å². The van der Waals surface area contributed by atoms with Crippen LogP contribution in [0.2, 0.25) is 0 Å². The average Bonchev–Trinajstić information content (AvgIpc) is 3.07. The molecule has 130 valence electrons. The van der Waals surface area contributed by atoms with Gasteiger partial charge in [-0.2, -0.15) is 0 Å². The number of halogens is 3. The highest BCUT2D eigenvalue weighted by Crippen LogP contribution is 2.34. The third kappa shape index (κ3) is 4.77. The van der Waals surface area contributed by atoms with Crippen molar-refractivity contribution in [1.82, 2.24) is 10.3 Å². The second-order valence-electron chi connectivity index (χ2n) is 6.50. The number of hydrogen-bond acceptors (Lipinski definition) is 3. The average molecular weight is 346 g/mol. The molecule has 0 aliphatic carbocycles. The van der Waals surface area contributed by atoms with Crippen molar-refractivity contribution >= 4 is 18.2 Å². The molecule has 23 heavy (non-hydrogen) atoms. The number of aromatic nitrogens is 1. The van der Waals surface area contributed by atoms with E-state index in [4.69, 9.17) is 0 Å². The summed E-state index contributed by atoms with van der Waals surface area (Å²) in [6.07, 6.45) is 4.97. The third-order valence-corrected chi connectivity index (χ3v) is 4.80. The molecule has 1 unspecified atom stereocenters. The van der Waals surface area contributed by atoms with Crippen LogP contribution in [0, 0.1) is 5.92 Å². The molecule has 0 radical (unpaired) electrons. The first kappa shape index (κ1) is 18.4. The van der Waals surface area contributed by atoms with Gasteiger partial charge < -0.3 is 10.6 Å². The van der Waals surface area contributed by atoms with Gasteiger partial charge >= 0.3 is 0 Å². The van der Waals surface area contributed by atoms with E-state index < -0.39 is 11.8 Å². The molecule has 0 aromatic carbocycles. The fourth-order valence-electron chi connectivity index (χ4n) is 3.39. The number of alkyl halides is 2. The minimum absolute atomic E-state index is 0. The molecule has 0 saturated carbocycles. The molecule has 2 aliphatic rings. The summed E-state index contributed by atoms with van der Waals surface area (Å²) in [5.74, 6) is -2.00. The topological polar surface area (TPSA) is 37.0 Å². The van der Waals surface area contributed by atoms with Crippen LogP contribution < -0.4 is 10.6 Å². The summed E-state index contributed by atoms with van der Waals surface area (Å²) in [7, 11) is 0. The molecule has 1 aromatic rings. The minimum atomic E-state index is -2.52. The summed E-state index contributed by atoms with van der Waals surface area (Å²) in [6.45, 7) is 2.17. The quantitative estimate of drug-likeness (QED) is 0.770. The van der Waals surface area contributed by atoms with E-state index in [1.807, 2.05) is 6.07 Å². The molecule has 1 atom stereocenters. The monoisotopic (exact) mass is 345 g/mol. The van der Waals surface area contributed by atoms with Crippen molar-refractivity contribution in [2.75, 3.05) is 25.0 Å². The largest absolute Gasteiger partial charge is 0.370 e. The Balaban J connectivity index is 0.00000192. The molecule has 2 N–H and O–H groups in total. The summed E-state index contributed by atoms with van der Waals surface area (Å²) in [4.78, 5) is 4.62. The van der Waals surface area contributed by atoms with Crippen LogP contribution in [0.5, 0.6) is 0 Å². The highest BCUT2D eigenvalue weighted by atomic mass is 35.5. The molecule has 1 fully saturated rings. The van der Waals surface area contributed by atoms with Gasteiger partial charge in [0.15, 0.2) is 0 Å². The van der Waals surface area contributed by atoms with E-state index in [1.165, 1.54) is 5.56 Å². The Kier molecular flexibility index (Phi) is 6.60. The summed E-state index contributed by atoms with van der Waals surface area (Å²) in [5.41, 5.74) is 2.29. The van der Waals surface area contributed by atoms with E-state index in [0.29, 0.717) is 19.4 Å². The summed E-state index contributed by atoms with van der Waals surface area (Å²) >= 11 is 0. The number of fused-ring (bicyclic) bond motifs is 1. The molecule has 0 spiro atoms. The number of pyridine rings is 1. The van der Waals surface area contributed by atoms with Gasteiger partial charge in [-0.25, -0.2) is 13.8 Å². The first-order chi connectivity index (χ1) is 10.6. The standard InChI is InChI=1S/C17H25F2N3.ClH/c18-17(19,14-8-11-20-12-14)9-2-1-5-15-7-6-13-4-3-10-21-16(13)22-15;/h6-7,14,20H,1-5,8-12H2,(H,21,22);1H. The number of nitrogens with zero attached hydrogens (tertiary/aromatic N) is 1. The van der Waals surface area contributed by atoms with E-state index in [-0.39, 0.29) is 18.8 Å². The second-order valence-corrected chi connectivity index (χ2v) is 6.50. The van der Waals surface area contributed by atoms with E-state index >= 15 is 0 Å². The SMILES string of the molecule is Cl.FC(F)(CCCCc1ccc2c(n1)NCCC2)C1CCNC1. The molecule has 2 aliphatic heterocycles. The van der Waals surface area contributed by atoms with Crippen molar-refractivity contribution in [2.45, 2.75) is 50.9 Å². The van der Waals surface area contributed by atoms with Crippen molar-refractivity contribution in [3.63, 3.8) is 0 Å². The molecule has 0 bridgehead atoms. The summed E-state index contributed by atoms with van der Waals surface area (Å²) in [5, 5.41) is 6.34. The van der Waals surface area contributed by atoms with Crippen molar-refractivity contribution in [3.05, 3.63) is 23.4 Å². The maximum absolute atomic E-state index is 14.0. The number of anilines is 1. The molecule has 0 amide bonds. The van der Waals surface area contributed by atoms with Gasteiger partial charge in [-0.1, -0.05) is 6.07 Å². The van der Waals surface area contributed by atoms with Crippen LogP contribution in [0.3, 0.4) is 0 Å². The third-order valence-electron chi connectivity index (χ3n) is 4.80. The normalized spacial score (nSPS) is 20.5. The summed E-state index contributed by atoms with van der Waals surface area (Å²) < 4.78 is 28.0. The lowest BCUT2D eigenvalue weighted by atomic mass is 9.95. The van der Waals surface area contributed by atoms with Gasteiger partial charge in [0, 0.05) is 31.1 Å². The first-order valence-electron chi connectivity index (χ1n) is 8.46. The number of hydrogen-bond donors (Lipinski definition) is 2. The molecule has 3 rings (SSSR count). The lowest BCUT2D eigenvalue weighted by Gasteiger charge is -2.22. The fourth-order valence-corrected chi connectivity index (χ4v) is 3.39. The van der Waals surface area contributed by atoms with Crippen LogP contribution in [0.1, 0.15) is 43.4 Å². The molecule has 1 aromatic heterocycles. The molecule has 1 saturated heterocycles.